The molecule has 14 aromatic rings. The summed E-state index contributed by atoms with van der Waals surface area (Å²) in [4.78, 5) is 0. The second-order valence-electron chi connectivity index (χ2n) is 17.9. The van der Waals surface area contributed by atoms with Crippen LogP contribution in [0.15, 0.2) is 255 Å². The van der Waals surface area contributed by atoms with Crippen LogP contribution in [0.5, 0.6) is 0 Å². The summed E-state index contributed by atoms with van der Waals surface area (Å²) >= 11 is 0. The molecule has 0 aliphatic rings. The minimum atomic E-state index is -0.714. The van der Waals surface area contributed by atoms with Crippen molar-refractivity contribution in [1.82, 2.24) is 0 Å². The standard InChI is InChI=1S/C66H42P2/c1-4-20-43(21-5-1)57-41-45(40-44-22-10-11-27-48(44)57)64-53-32-16-30-49(51-34-18-38-62-65(51)55-28-12-14-36-60(55)67(62)46-23-6-2-7-24-46)58(53)42-59-50(31-17-33-54(59)64)52-35-19-39-63-66(52)56-29-13-15-37-61(56)68(63)47-25-8-3-9-26-47/h1-42H. The van der Waals surface area contributed by atoms with E-state index in [1.807, 2.05) is 0 Å². The van der Waals surface area contributed by atoms with E-state index in [4.69, 9.17) is 0 Å². The van der Waals surface area contributed by atoms with Gasteiger partial charge in [0.25, 0.3) is 0 Å². The molecule has 0 aliphatic carbocycles. The third-order valence-electron chi connectivity index (χ3n) is 14.3. The van der Waals surface area contributed by atoms with Crippen molar-refractivity contribution in [3.05, 3.63) is 255 Å². The number of fused-ring (bicyclic) bond motifs is 9. The van der Waals surface area contributed by atoms with Gasteiger partial charge in [-0.2, -0.15) is 0 Å². The van der Waals surface area contributed by atoms with E-state index in [0.717, 1.165) is 0 Å². The molecule has 0 radical (unpaired) electrons. The van der Waals surface area contributed by atoms with Crippen LogP contribution < -0.4 is 0 Å². The molecule has 2 atom stereocenters. The van der Waals surface area contributed by atoms with Crippen LogP contribution in [-0.4, -0.2) is 0 Å². The molecule has 12 aromatic carbocycles. The minimum Gasteiger partial charge on any atom is -0.0772 e. The molecule has 316 valence electrons. The summed E-state index contributed by atoms with van der Waals surface area (Å²) in [5.41, 5.74) is 10.1. The van der Waals surface area contributed by atoms with Crippen molar-refractivity contribution >= 4 is 89.4 Å². The first-order chi connectivity index (χ1) is 33.8. The lowest BCUT2D eigenvalue weighted by atomic mass is 9.84. The molecule has 2 heterocycles. The number of rotatable bonds is 6. The number of hydrogen-bond donors (Lipinski definition) is 0. The summed E-state index contributed by atoms with van der Waals surface area (Å²) in [5.74, 6) is 0. The van der Waals surface area contributed by atoms with E-state index in [9.17, 15) is 0 Å². The largest absolute Gasteiger partial charge is 0.0772 e. The predicted molar refractivity (Wildman–Crippen MR) is 299 cm³/mol. The first-order valence-electron chi connectivity index (χ1n) is 23.5. The molecular formula is C66H42P2. The zero-order valence-corrected chi connectivity index (χ0v) is 38.9. The normalized spacial score (nSPS) is 12.4. The third-order valence-corrected chi connectivity index (χ3v) is 19.4. The van der Waals surface area contributed by atoms with Crippen LogP contribution in [0.1, 0.15) is 0 Å². The number of hydrogen-bond acceptors (Lipinski definition) is 0. The van der Waals surface area contributed by atoms with E-state index in [-0.39, 0.29) is 0 Å². The molecule has 0 bridgehead atoms. The van der Waals surface area contributed by atoms with Crippen LogP contribution in [0.4, 0.5) is 0 Å². The molecule has 2 unspecified atom stereocenters. The molecule has 2 aromatic heterocycles. The van der Waals surface area contributed by atoms with E-state index >= 15 is 0 Å². The van der Waals surface area contributed by atoms with Crippen LogP contribution in [0.2, 0.25) is 0 Å². The lowest BCUT2D eigenvalue weighted by Crippen LogP contribution is -1.92. The van der Waals surface area contributed by atoms with Crippen LogP contribution in [0.3, 0.4) is 0 Å². The van der Waals surface area contributed by atoms with Crippen LogP contribution in [-0.2, 0) is 0 Å². The zero-order valence-electron chi connectivity index (χ0n) is 37.1. The van der Waals surface area contributed by atoms with Gasteiger partial charge in [-0.1, -0.05) is 240 Å². The van der Waals surface area contributed by atoms with Gasteiger partial charge in [0.05, 0.1) is 0 Å². The van der Waals surface area contributed by atoms with Gasteiger partial charge in [0.15, 0.2) is 0 Å². The van der Waals surface area contributed by atoms with Crippen molar-refractivity contribution in [2.75, 3.05) is 0 Å². The highest BCUT2D eigenvalue weighted by atomic mass is 31.1. The number of benzene rings is 12. The van der Waals surface area contributed by atoms with Crippen molar-refractivity contribution in [3.63, 3.8) is 0 Å². The predicted octanol–water partition coefficient (Wildman–Crippen LogP) is 20.4. The lowest BCUT2D eigenvalue weighted by Gasteiger charge is -2.19. The van der Waals surface area contributed by atoms with Crippen molar-refractivity contribution < 1.29 is 0 Å². The monoisotopic (exact) mass is 896 g/mol. The second kappa shape index (κ2) is 15.8. The molecular weight excluding hydrogens is 855 g/mol. The molecule has 0 saturated heterocycles. The smallest absolute Gasteiger partial charge is 0.00745 e. The summed E-state index contributed by atoms with van der Waals surface area (Å²) in [6.07, 6.45) is 0. The Hall–Kier alpha value is -7.98. The van der Waals surface area contributed by atoms with E-state index < -0.39 is 15.1 Å². The van der Waals surface area contributed by atoms with Gasteiger partial charge in [0, 0.05) is 31.2 Å². The Kier molecular flexibility index (Phi) is 9.13. The van der Waals surface area contributed by atoms with Crippen molar-refractivity contribution in [2.24, 2.45) is 0 Å². The lowest BCUT2D eigenvalue weighted by molar-refractivity contribution is 1.64. The molecule has 68 heavy (non-hydrogen) atoms. The molecule has 2 heteroatoms. The summed E-state index contributed by atoms with van der Waals surface area (Å²) in [6.45, 7) is 0. The highest BCUT2D eigenvalue weighted by molar-refractivity contribution is 7.68. The van der Waals surface area contributed by atoms with E-state index in [0.29, 0.717) is 0 Å². The second-order valence-corrected chi connectivity index (χ2v) is 22.2. The zero-order chi connectivity index (χ0) is 44.7. The van der Waals surface area contributed by atoms with Gasteiger partial charge in [0.1, 0.15) is 0 Å². The Morgan fingerprint density at radius 3 is 1.18 bits per heavy atom. The van der Waals surface area contributed by atoms with Crippen LogP contribution in [0.25, 0.3) is 129 Å². The average molecular weight is 897 g/mol. The maximum atomic E-state index is 2.54. The fourth-order valence-electron chi connectivity index (χ4n) is 11.5. The van der Waals surface area contributed by atoms with Crippen molar-refractivity contribution in [2.45, 2.75) is 0 Å². The van der Waals surface area contributed by atoms with Crippen molar-refractivity contribution in [3.8, 4) is 55.1 Å². The Morgan fingerprint density at radius 1 is 0.221 bits per heavy atom. The maximum absolute atomic E-state index is 2.54. The fraction of sp³-hybridized carbons (Fsp3) is 0. The van der Waals surface area contributed by atoms with E-state index in [1.54, 1.807) is 0 Å². The average Bonchev–Trinajstić information content (AvgIpc) is 3.94. The van der Waals surface area contributed by atoms with Crippen LogP contribution >= 0.6 is 15.1 Å². The van der Waals surface area contributed by atoms with E-state index in [2.05, 4.69) is 255 Å². The summed E-state index contributed by atoms with van der Waals surface area (Å²) < 4.78 is 0. The van der Waals surface area contributed by atoms with Gasteiger partial charge < -0.3 is 0 Å². The molecule has 14 rings (SSSR count). The Bertz CT molecular complexity index is 4080. The summed E-state index contributed by atoms with van der Waals surface area (Å²) in [6, 6.07) is 96.1. The highest BCUT2D eigenvalue weighted by Gasteiger charge is 2.23. The van der Waals surface area contributed by atoms with Gasteiger partial charge in [-0.15, -0.1) is 0 Å². The van der Waals surface area contributed by atoms with Gasteiger partial charge in [0.2, 0.25) is 0 Å². The molecule has 0 spiro atoms. The van der Waals surface area contributed by atoms with Gasteiger partial charge in [-0.25, -0.2) is 0 Å². The maximum Gasteiger partial charge on any atom is 0.00745 e. The summed E-state index contributed by atoms with van der Waals surface area (Å²) in [7, 11) is -1.43. The fourth-order valence-corrected chi connectivity index (χ4v) is 16.8. The topological polar surface area (TPSA) is 0 Å². The van der Waals surface area contributed by atoms with Crippen molar-refractivity contribution in [1.29, 1.82) is 0 Å². The molecule has 0 saturated carbocycles. The van der Waals surface area contributed by atoms with E-state index in [1.165, 1.54) is 129 Å². The first kappa shape index (κ1) is 39.2. The molecule has 0 nitrogen and oxygen atoms in total. The highest BCUT2D eigenvalue weighted by Crippen LogP contribution is 2.59. The minimum absolute atomic E-state index is 0.714. The van der Waals surface area contributed by atoms with Gasteiger partial charge >= 0.3 is 0 Å². The summed E-state index contributed by atoms with van der Waals surface area (Å²) in [5, 5.41) is 21.5. The van der Waals surface area contributed by atoms with Crippen LogP contribution in [0, 0.1) is 0 Å². The first-order valence-corrected chi connectivity index (χ1v) is 26.2. The third kappa shape index (κ3) is 6.02. The van der Waals surface area contributed by atoms with Gasteiger partial charge in [-0.05, 0) is 129 Å². The molecule has 0 aliphatic heterocycles. The Balaban J connectivity index is 1.13. The Labute approximate surface area is 397 Å². The van der Waals surface area contributed by atoms with Gasteiger partial charge in [-0.3, -0.25) is 0 Å². The molecule has 0 N–H and O–H groups in total. The molecule has 0 fully saturated rings. The molecule has 0 amide bonds. The SMILES string of the molecule is c1ccc(-c2cc(-c3c4cccc(-c5cccc6c5c5ccccc5p6-c5ccccc5)c4cc4c(-c5cccc6c5c5ccccc5p6-c5ccccc5)cccc34)cc3ccccc23)cc1. The quantitative estimate of drug-likeness (QED) is 0.146. The Morgan fingerprint density at radius 2 is 0.632 bits per heavy atom.